The number of hydrogen-bond donors (Lipinski definition) is 0. The van der Waals surface area contributed by atoms with E-state index in [0.717, 1.165) is 0 Å². The van der Waals surface area contributed by atoms with Gasteiger partial charge in [0.15, 0.2) is 0 Å². The highest BCUT2D eigenvalue weighted by atomic mass is 14.9. The van der Waals surface area contributed by atoms with Gasteiger partial charge < -0.3 is 0 Å². The second kappa shape index (κ2) is 3.13. The molecular weight excluding hydrogens is 182 g/mol. The van der Waals surface area contributed by atoms with E-state index in [1.54, 1.807) is 0 Å². The molecule has 0 amide bonds. The quantitative estimate of drug-likeness (QED) is 0.602. The monoisotopic (exact) mass is 200 g/mol. The van der Waals surface area contributed by atoms with Crippen molar-refractivity contribution in [1.82, 2.24) is 5.32 Å². The van der Waals surface area contributed by atoms with E-state index in [9.17, 15) is 0 Å². The van der Waals surface area contributed by atoms with E-state index in [4.69, 9.17) is 0 Å². The van der Waals surface area contributed by atoms with Gasteiger partial charge in [0.1, 0.15) is 0 Å². The van der Waals surface area contributed by atoms with Crippen molar-refractivity contribution in [3.8, 4) is 0 Å². The Morgan fingerprint density at radius 2 is 1.20 bits per heavy atom. The Balaban J connectivity index is 2.83. The fourth-order valence-electron chi connectivity index (χ4n) is 2.32. The van der Waals surface area contributed by atoms with Crippen LogP contribution in [-0.4, -0.2) is 0 Å². The number of rotatable bonds is 0. The molecule has 0 unspecified atom stereocenters. The number of nitrogens with zero attached hydrogens (tertiary/aromatic N) is 1. The minimum absolute atomic E-state index is 1.17. The lowest BCUT2D eigenvalue weighted by Crippen LogP contribution is -1.99. The molecule has 1 aliphatic rings. The third kappa shape index (κ3) is 1.22. The van der Waals surface area contributed by atoms with E-state index in [1.807, 2.05) is 0 Å². The summed E-state index contributed by atoms with van der Waals surface area (Å²) in [5.41, 5.74) is 10.6. The molecule has 0 aromatic heterocycles. The van der Waals surface area contributed by atoms with Crippen molar-refractivity contribution >= 4 is 11.3 Å². The lowest BCUT2D eigenvalue weighted by atomic mass is 9.90. The predicted molar refractivity (Wildman–Crippen MR) is 65.5 cm³/mol. The molecule has 0 saturated heterocycles. The summed E-state index contributed by atoms with van der Waals surface area (Å²) in [5, 5.41) is 4.68. The largest absolute Gasteiger partial charge is 0.253 e. The fourth-order valence-corrected chi connectivity index (χ4v) is 2.32. The Hall–Kier alpha value is -1.24. The molecule has 0 saturated carbocycles. The van der Waals surface area contributed by atoms with Crippen molar-refractivity contribution in [3.63, 3.8) is 0 Å². The zero-order chi connectivity index (χ0) is 11.3. The average Bonchev–Trinajstić information content (AvgIpc) is 2.50. The summed E-state index contributed by atoms with van der Waals surface area (Å²) in [6, 6.07) is 0. The van der Waals surface area contributed by atoms with Crippen LogP contribution in [0.5, 0.6) is 0 Å². The second-order valence-corrected chi connectivity index (χ2v) is 4.55. The van der Waals surface area contributed by atoms with Crippen molar-refractivity contribution in [1.29, 1.82) is 0 Å². The van der Waals surface area contributed by atoms with Gasteiger partial charge >= 0.3 is 0 Å². The maximum Gasteiger partial charge on any atom is 0.0743 e. The molecule has 2 rings (SSSR count). The molecule has 0 atom stereocenters. The summed E-state index contributed by atoms with van der Waals surface area (Å²) >= 11 is 0. The van der Waals surface area contributed by atoms with E-state index in [-0.39, 0.29) is 0 Å². The summed E-state index contributed by atoms with van der Waals surface area (Å²) < 4.78 is 0. The summed E-state index contributed by atoms with van der Waals surface area (Å²) in [4.78, 5) is 0. The highest BCUT2D eigenvalue weighted by Crippen LogP contribution is 2.41. The van der Waals surface area contributed by atoms with Gasteiger partial charge in [-0.3, -0.25) is 5.32 Å². The summed E-state index contributed by atoms with van der Waals surface area (Å²) in [6.45, 7) is 13.0. The molecule has 1 aromatic rings. The van der Waals surface area contributed by atoms with Crippen LogP contribution in [0, 0.1) is 27.7 Å². The molecule has 79 valence electrons. The fraction of sp³-hybridized carbons (Fsp3) is 0.429. The van der Waals surface area contributed by atoms with E-state index in [0.29, 0.717) is 0 Å². The van der Waals surface area contributed by atoms with E-state index < -0.39 is 0 Å². The van der Waals surface area contributed by atoms with Gasteiger partial charge in [-0.25, -0.2) is 0 Å². The van der Waals surface area contributed by atoms with Crippen LogP contribution >= 0.6 is 0 Å². The maximum absolute atomic E-state index is 4.68. The lowest BCUT2D eigenvalue weighted by Gasteiger charge is -2.15. The van der Waals surface area contributed by atoms with Gasteiger partial charge in [-0.1, -0.05) is 0 Å². The molecule has 1 aromatic carbocycles. The van der Waals surface area contributed by atoms with Gasteiger partial charge in [0, 0.05) is 11.3 Å². The van der Waals surface area contributed by atoms with Crippen LogP contribution in [-0.2, 0) is 0 Å². The summed E-state index contributed by atoms with van der Waals surface area (Å²) in [5.74, 6) is 0. The Kier molecular flexibility index (Phi) is 2.14. The first-order valence-electron chi connectivity index (χ1n) is 5.45. The normalized spacial score (nSPS) is 14.3. The smallest absolute Gasteiger partial charge is 0.0743 e. The molecule has 0 fully saturated rings. The number of fused-ring (bicyclic) bond motifs is 1. The van der Waals surface area contributed by atoms with Gasteiger partial charge in [0.2, 0.25) is 0 Å². The van der Waals surface area contributed by atoms with Crippen LogP contribution in [0.15, 0.2) is 5.70 Å². The maximum atomic E-state index is 4.68. The summed E-state index contributed by atoms with van der Waals surface area (Å²) in [7, 11) is 0. The van der Waals surface area contributed by atoms with Crippen molar-refractivity contribution in [2.75, 3.05) is 0 Å². The highest BCUT2D eigenvalue weighted by Gasteiger charge is 2.23. The molecule has 0 spiro atoms. The Labute approximate surface area is 92.2 Å². The molecule has 0 bridgehead atoms. The highest BCUT2D eigenvalue weighted by molar-refractivity contribution is 5.85. The van der Waals surface area contributed by atoms with E-state index >= 15 is 0 Å². The average molecular weight is 200 g/mol. The number of hydrogen-bond acceptors (Lipinski definition) is 0. The van der Waals surface area contributed by atoms with Crippen molar-refractivity contribution in [2.45, 2.75) is 41.5 Å². The Morgan fingerprint density at radius 3 is 1.80 bits per heavy atom. The minimum atomic E-state index is 1.17. The molecule has 1 radical (unpaired) electrons. The Bertz CT molecular complexity index is 479. The first kappa shape index (κ1) is 10.3. The molecule has 1 aliphatic heterocycles. The first-order chi connectivity index (χ1) is 6.95. The molecule has 0 aliphatic carbocycles. The van der Waals surface area contributed by atoms with Crippen LogP contribution in [0.3, 0.4) is 0 Å². The molecule has 1 heteroatoms. The zero-order valence-electron chi connectivity index (χ0n) is 10.4. The van der Waals surface area contributed by atoms with Crippen molar-refractivity contribution < 1.29 is 0 Å². The predicted octanol–water partition coefficient (Wildman–Crippen LogP) is 3.92. The third-order valence-corrected chi connectivity index (χ3v) is 3.85. The SMILES string of the molecule is CC1=C(C)c2c(C)c(C)c(C)c(C)c2[N]1. The topological polar surface area (TPSA) is 14.1 Å². The lowest BCUT2D eigenvalue weighted by molar-refractivity contribution is 1.06. The number of benzene rings is 1. The molecule has 0 N–H and O–H groups in total. The van der Waals surface area contributed by atoms with Crippen LogP contribution in [0.4, 0.5) is 5.69 Å². The molecular formula is C14H18N. The second-order valence-electron chi connectivity index (χ2n) is 4.55. The molecule has 1 heterocycles. The van der Waals surface area contributed by atoms with Gasteiger partial charge in [0.05, 0.1) is 5.69 Å². The Morgan fingerprint density at radius 1 is 0.667 bits per heavy atom. The summed E-state index contributed by atoms with van der Waals surface area (Å²) in [6.07, 6.45) is 0. The van der Waals surface area contributed by atoms with Gasteiger partial charge in [0.25, 0.3) is 0 Å². The first-order valence-corrected chi connectivity index (χ1v) is 5.45. The van der Waals surface area contributed by atoms with Crippen LogP contribution in [0.25, 0.3) is 5.57 Å². The van der Waals surface area contributed by atoms with Crippen LogP contribution in [0.1, 0.15) is 41.7 Å². The standard InChI is InChI=1S/C14H18N/c1-7-8(2)10(4)14-13(9(7)3)11(5)12(6)15-14/h1-6H3. The minimum Gasteiger partial charge on any atom is -0.253 e. The van der Waals surface area contributed by atoms with Gasteiger partial charge in [-0.15, -0.1) is 0 Å². The van der Waals surface area contributed by atoms with Crippen molar-refractivity contribution in [3.05, 3.63) is 33.5 Å². The van der Waals surface area contributed by atoms with Crippen LogP contribution in [0.2, 0.25) is 0 Å². The van der Waals surface area contributed by atoms with Gasteiger partial charge in [-0.05, 0) is 69.4 Å². The molecule has 1 nitrogen and oxygen atoms in total. The van der Waals surface area contributed by atoms with E-state index in [1.165, 1.54) is 44.8 Å². The van der Waals surface area contributed by atoms with Gasteiger partial charge in [-0.2, -0.15) is 0 Å². The third-order valence-electron chi connectivity index (χ3n) is 3.85. The van der Waals surface area contributed by atoms with Crippen molar-refractivity contribution in [2.24, 2.45) is 0 Å². The van der Waals surface area contributed by atoms with Crippen LogP contribution < -0.4 is 5.32 Å². The number of allylic oxidation sites excluding steroid dienone is 2. The molecule has 15 heavy (non-hydrogen) atoms. The van der Waals surface area contributed by atoms with E-state index in [2.05, 4.69) is 46.9 Å². The zero-order valence-corrected chi connectivity index (χ0v) is 10.4.